The second-order valence-electron chi connectivity index (χ2n) is 3.96. The molecule has 0 saturated heterocycles. The molecule has 2 rings (SSSR count). The van der Waals surface area contributed by atoms with Crippen LogP contribution in [0.3, 0.4) is 0 Å². The van der Waals surface area contributed by atoms with Gasteiger partial charge in [-0.15, -0.1) is 5.10 Å². The number of methoxy groups -OCH3 is 1. The number of anilines is 1. The summed E-state index contributed by atoms with van der Waals surface area (Å²) in [5.41, 5.74) is 0.882. The third-order valence-corrected chi connectivity index (χ3v) is 2.47. The lowest BCUT2D eigenvalue weighted by atomic mass is 10.1. The van der Waals surface area contributed by atoms with Gasteiger partial charge in [0.1, 0.15) is 5.56 Å². The number of ether oxygens (including phenoxy) is 1. The largest absolute Gasteiger partial charge is 0.466 e. The monoisotopic (exact) mass is 263 g/mol. The number of aryl methyl sites for hydroxylation is 2. The van der Waals surface area contributed by atoms with Gasteiger partial charge in [-0.3, -0.25) is 14.9 Å². The summed E-state index contributed by atoms with van der Waals surface area (Å²) >= 11 is 0. The van der Waals surface area contributed by atoms with E-state index in [2.05, 4.69) is 25.5 Å². The molecule has 0 saturated carbocycles. The zero-order valence-electron chi connectivity index (χ0n) is 10.7. The lowest BCUT2D eigenvalue weighted by Crippen LogP contribution is -2.25. The van der Waals surface area contributed by atoms with Gasteiger partial charge in [-0.05, 0) is 25.5 Å². The summed E-state index contributed by atoms with van der Waals surface area (Å²) in [5, 5.41) is 8.60. The fraction of sp³-hybridized carbons (Fsp3) is 0.273. The molecule has 2 heterocycles. The van der Waals surface area contributed by atoms with Crippen molar-refractivity contribution >= 4 is 11.9 Å². The average Bonchev–Trinajstić information content (AvgIpc) is 2.75. The van der Waals surface area contributed by atoms with E-state index in [1.54, 1.807) is 19.9 Å². The zero-order chi connectivity index (χ0) is 14.0. The van der Waals surface area contributed by atoms with Crippen LogP contribution in [0.1, 0.15) is 21.6 Å². The molecule has 0 bridgehead atoms. The molecule has 0 radical (unpaired) electrons. The molecule has 1 amide bonds. The van der Waals surface area contributed by atoms with Crippen molar-refractivity contribution in [2.75, 3.05) is 12.4 Å². The summed E-state index contributed by atoms with van der Waals surface area (Å²) < 4.78 is 4.77. The Morgan fingerprint density at radius 2 is 2.16 bits per heavy atom. The van der Waals surface area contributed by atoms with Gasteiger partial charge in [0.25, 0.3) is 11.5 Å². The molecule has 3 N–H and O–H groups in total. The van der Waals surface area contributed by atoms with E-state index in [0.29, 0.717) is 11.3 Å². The number of nitrogens with one attached hydrogen (secondary N) is 3. The van der Waals surface area contributed by atoms with Gasteiger partial charge in [0.2, 0.25) is 5.95 Å². The van der Waals surface area contributed by atoms with Crippen LogP contribution in [-0.4, -0.2) is 33.2 Å². The van der Waals surface area contributed by atoms with Crippen molar-refractivity contribution in [2.24, 2.45) is 0 Å². The fourth-order valence-corrected chi connectivity index (χ4v) is 1.70. The molecule has 8 heteroatoms. The molecule has 0 aromatic carbocycles. The highest BCUT2D eigenvalue weighted by Crippen LogP contribution is 2.08. The topological polar surface area (TPSA) is 113 Å². The molecule has 0 aliphatic carbocycles. The zero-order valence-corrected chi connectivity index (χ0v) is 10.7. The molecule has 0 aliphatic heterocycles. The van der Waals surface area contributed by atoms with Crippen molar-refractivity contribution in [1.29, 1.82) is 0 Å². The van der Waals surface area contributed by atoms with Gasteiger partial charge >= 0.3 is 6.01 Å². The number of nitrogens with zero attached hydrogens (tertiary/aromatic N) is 2. The number of amides is 1. The number of hydrogen-bond donors (Lipinski definition) is 3. The van der Waals surface area contributed by atoms with Crippen LogP contribution in [0.5, 0.6) is 6.01 Å². The Morgan fingerprint density at radius 3 is 2.74 bits per heavy atom. The van der Waals surface area contributed by atoms with Crippen LogP contribution in [0.4, 0.5) is 5.95 Å². The van der Waals surface area contributed by atoms with Gasteiger partial charge in [-0.1, -0.05) is 0 Å². The first-order chi connectivity index (χ1) is 9.01. The number of pyridine rings is 1. The SMILES string of the molecule is COc1n[nH]c(NC(=O)c2c(C)cc(C)[nH]c2=O)n1. The average molecular weight is 263 g/mol. The summed E-state index contributed by atoms with van der Waals surface area (Å²) in [6.45, 7) is 3.44. The minimum absolute atomic E-state index is 0.0426. The molecule has 100 valence electrons. The van der Waals surface area contributed by atoms with Crippen molar-refractivity contribution in [3.63, 3.8) is 0 Å². The number of hydrogen-bond acceptors (Lipinski definition) is 5. The highest BCUT2D eigenvalue weighted by Gasteiger charge is 2.16. The van der Waals surface area contributed by atoms with E-state index in [1.807, 2.05) is 0 Å². The van der Waals surface area contributed by atoms with E-state index in [1.165, 1.54) is 7.11 Å². The van der Waals surface area contributed by atoms with Crippen molar-refractivity contribution in [2.45, 2.75) is 13.8 Å². The normalized spacial score (nSPS) is 10.3. The second-order valence-corrected chi connectivity index (χ2v) is 3.96. The quantitative estimate of drug-likeness (QED) is 0.740. The van der Waals surface area contributed by atoms with Gasteiger partial charge in [-0.2, -0.15) is 4.98 Å². The first-order valence-corrected chi connectivity index (χ1v) is 5.49. The maximum atomic E-state index is 12.0. The maximum Gasteiger partial charge on any atom is 0.336 e. The molecule has 0 atom stereocenters. The molecule has 0 unspecified atom stereocenters. The Labute approximate surface area is 108 Å². The summed E-state index contributed by atoms with van der Waals surface area (Å²) in [7, 11) is 1.41. The highest BCUT2D eigenvalue weighted by atomic mass is 16.5. The van der Waals surface area contributed by atoms with Crippen molar-refractivity contribution < 1.29 is 9.53 Å². The van der Waals surface area contributed by atoms with E-state index in [4.69, 9.17) is 4.74 Å². The molecule has 0 fully saturated rings. The van der Waals surface area contributed by atoms with Crippen LogP contribution in [-0.2, 0) is 0 Å². The lowest BCUT2D eigenvalue weighted by Gasteiger charge is -2.05. The number of aromatic amines is 2. The maximum absolute atomic E-state index is 12.0. The van der Waals surface area contributed by atoms with Crippen LogP contribution < -0.4 is 15.6 Å². The van der Waals surface area contributed by atoms with Crippen LogP contribution in [0, 0.1) is 13.8 Å². The second kappa shape index (κ2) is 4.92. The lowest BCUT2D eigenvalue weighted by molar-refractivity contribution is 0.102. The third-order valence-electron chi connectivity index (χ3n) is 2.47. The molecule has 0 spiro atoms. The minimum atomic E-state index is -0.558. The van der Waals surface area contributed by atoms with Crippen LogP contribution in [0.25, 0.3) is 0 Å². The Hall–Kier alpha value is -2.64. The number of rotatable bonds is 3. The van der Waals surface area contributed by atoms with Gasteiger partial charge < -0.3 is 9.72 Å². The van der Waals surface area contributed by atoms with E-state index >= 15 is 0 Å². The van der Waals surface area contributed by atoms with Crippen molar-refractivity contribution in [1.82, 2.24) is 20.2 Å². The van der Waals surface area contributed by atoms with Crippen LogP contribution in [0.2, 0.25) is 0 Å². The van der Waals surface area contributed by atoms with E-state index in [9.17, 15) is 9.59 Å². The minimum Gasteiger partial charge on any atom is -0.466 e. The molecule has 2 aromatic rings. The predicted molar refractivity (Wildman–Crippen MR) is 67.4 cm³/mol. The van der Waals surface area contributed by atoms with E-state index in [-0.39, 0.29) is 17.5 Å². The number of carbonyl (C=O) groups is 1. The Kier molecular flexibility index (Phi) is 3.32. The fourth-order valence-electron chi connectivity index (χ4n) is 1.70. The van der Waals surface area contributed by atoms with Crippen molar-refractivity contribution in [3.8, 4) is 6.01 Å². The Balaban J connectivity index is 2.28. The molecular formula is C11H13N5O3. The summed E-state index contributed by atoms with van der Waals surface area (Å²) in [6, 6.07) is 1.82. The third kappa shape index (κ3) is 2.62. The van der Waals surface area contributed by atoms with Gasteiger partial charge in [0, 0.05) is 5.69 Å². The first kappa shape index (κ1) is 12.8. The van der Waals surface area contributed by atoms with Gasteiger partial charge in [0.05, 0.1) is 7.11 Å². The number of aromatic nitrogens is 4. The van der Waals surface area contributed by atoms with E-state index < -0.39 is 11.5 Å². The summed E-state index contributed by atoms with van der Waals surface area (Å²) in [5.74, 6) is -0.446. The molecular weight excluding hydrogens is 250 g/mol. The van der Waals surface area contributed by atoms with Gasteiger partial charge in [0.15, 0.2) is 0 Å². The molecule has 2 aromatic heterocycles. The van der Waals surface area contributed by atoms with Crippen LogP contribution >= 0.6 is 0 Å². The summed E-state index contributed by atoms with van der Waals surface area (Å²) in [4.78, 5) is 30.2. The highest BCUT2D eigenvalue weighted by molar-refractivity contribution is 6.04. The predicted octanol–water partition coefficient (Wildman–Crippen LogP) is 0.371. The Morgan fingerprint density at radius 1 is 1.42 bits per heavy atom. The molecule has 19 heavy (non-hydrogen) atoms. The smallest absolute Gasteiger partial charge is 0.336 e. The summed E-state index contributed by atoms with van der Waals surface area (Å²) in [6.07, 6.45) is 0. The number of H-pyrrole nitrogens is 2. The Bertz CT molecular complexity index is 673. The number of carbonyl (C=O) groups excluding carboxylic acids is 1. The van der Waals surface area contributed by atoms with Crippen molar-refractivity contribution in [3.05, 3.63) is 33.2 Å². The molecule has 0 aliphatic rings. The standard InChI is InChI=1S/C11H13N5O3/c1-5-4-6(2)12-8(17)7(5)9(18)13-10-14-11(19-3)16-15-10/h4H,1-3H3,(H,12,17)(H2,13,14,15,16,18). The van der Waals surface area contributed by atoms with Crippen LogP contribution in [0.15, 0.2) is 10.9 Å². The first-order valence-electron chi connectivity index (χ1n) is 5.49. The molecule has 8 nitrogen and oxygen atoms in total. The van der Waals surface area contributed by atoms with E-state index in [0.717, 1.165) is 0 Å². The van der Waals surface area contributed by atoms with Gasteiger partial charge in [-0.25, -0.2) is 5.10 Å².